The molecule has 1 aliphatic rings. The average Bonchev–Trinajstić information content (AvgIpc) is 2.77. The van der Waals surface area contributed by atoms with Crippen molar-refractivity contribution in [1.29, 1.82) is 0 Å². The molecule has 5 heteroatoms. The fraction of sp³-hybridized carbons (Fsp3) is 0.731. The number of rotatable bonds is 15. The van der Waals surface area contributed by atoms with Crippen molar-refractivity contribution in [2.24, 2.45) is 0 Å². The van der Waals surface area contributed by atoms with E-state index in [4.69, 9.17) is 9.47 Å². The van der Waals surface area contributed by atoms with Crippen LogP contribution in [-0.4, -0.2) is 48.8 Å². The minimum absolute atomic E-state index is 0. The van der Waals surface area contributed by atoms with E-state index in [9.17, 15) is 4.79 Å². The van der Waals surface area contributed by atoms with Crippen LogP contribution in [0.15, 0.2) is 18.2 Å². The van der Waals surface area contributed by atoms with Crippen molar-refractivity contribution in [3.8, 4) is 5.75 Å². The number of carbonyl (C=O) groups excluding carboxylic acids is 1. The first-order chi connectivity index (χ1) is 14.7. The molecule has 1 aliphatic heterocycles. The molecule has 0 saturated heterocycles. The molecule has 0 spiro atoms. The van der Waals surface area contributed by atoms with Crippen LogP contribution in [0.1, 0.15) is 115 Å². The van der Waals surface area contributed by atoms with Gasteiger partial charge in [-0.15, -0.1) is 0 Å². The van der Waals surface area contributed by atoms with Gasteiger partial charge in [0.2, 0.25) is 0 Å². The summed E-state index contributed by atoms with van der Waals surface area (Å²) in [5.41, 5.74) is 2.34. The summed E-state index contributed by atoms with van der Waals surface area (Å²) < 4.78 is 11.6. The third-order valence-electron chi connectivity index (χ3n) is 5.89. The number of aryl methyl sites for hydroxylation is 1. The quantitative estimate of drug-likeness (QED) is 0.239. The molecule has 1 amide bonds. The number of ether oxygens (including phenoxy) is 2. The fourth-order valence-corrected chi connectivity index (χ4v) is 4.09. The van der Waals surface area contributed by atoms with Gasteiger partial charge in [-0.2, -0.15) is 0 Å². The normalized spacial score (nSPS) is 13.5. The summed E-state index contributed by atoms with van der Waals surface area (Å²) >= 11 is 0. The molecule has 4 nitrogen and oxygen atoms in total. The van der Waals surface area contributed by atoms with E-state index < -0.39 is 0 Å². The Bertz CT molecular complexity index is 608. The number of hydrogen-bond acceptors (Lipinski definition) is 3. The molecule has 0 bridgehead atoms. The second kappa shape index (κ2) is 17.8. The molecule has 0 aliphatic carbocycles. The van der Waals surface area contributed by atoms with Crippen LogP contribution in [0, 0.1) is 0 Å². The van der Waals surface area contributed by atoms with Crippen molar-refractivity contribution in [2.45, 2.75) is 110 Å². The van der Waals surface area contributed by atoms with Gasteiger partial charge in [0.15, 0.2) is 0 Å². The first kappa shape index (κ1) is 28.3. The predicted octanol–water partition coefficient (Wildman–Crippen LogP) is 6.85. The molecule has 0 radical (unpaired) electrons. The van der Waals surface area contributed by atoms with E-state index in [1.165, 1.54) is 63.4 Å². The van der Waals surface area contributed by atoms with Crippen molar-refractivity contribution < 1.29 is 14.3 Å². The SMILES string of the molecule is CCCCCCCCCCCCC(OC(=O)NCCC)c1ccc2c(c1)CCCO2.[NaH]. The zero-order chi connectivity index (χ0) is 21.4. The molecule has 1 aromatic carbocycles. The summed E-state index contributed by atoms with van der Waals surface area (Å²) in [6.07, 6.45) is 16.5. The molecular weight excluding hydrogens is 397 g/mol. The van der Waals surface area contributed by atoms with Crippen LogP contribution in [0.25, 0.3) is 0 Å². The summed E-state index contributed by atoms with van der Waals surface area (Å²) in [6, 6.07) is 6.30. The molecule has 0 fully saturated rings. The van der Waals surface area contributed by atoms with Gasteiger partial charge in [0.1, 0.15) is 11.9 Å². The Morgan fingerprint density at radius 1 is 1.00 bits per heavy atom. The van der Waals surface area contributed by atoms with Crippen LogP contribution >= 0.6 is 0 Å². The van der Waals surface area contributed by atoms with Crippen molar-refractivity contribution in [3.05, 3.63) is 29.3 Å². The van der Waals surface area contributed by atoms with Gasteiger partial charge < -0.3 is 14.8 Å². The van der Waals surface area contributed by atoms with Crippen LogP contribution < -0.4 is 10.1 Å². The van der Waals surface area contributed by atoms with E-state index in [1.54, 1.807) is 0 Å². The third-order valence-corrected chi connectivity index (χ3v) is 5.89. The van der Waals surface area contributed by atoms with E-state index in [0.717, 1.165) is 50.0 Å². The Morgan fingerprint density at radius 3 is 2.35 bits per heavy atom. The maximum absolute atomic E-state index is 12.2. The van der Waals surface area contributed by atoms with Crippen LogP contribution in [-0.2, 0) is 11.2 Å². The Morgan fingerprint density at radius 2 is 1.68 bits per heavy atom. The minimum atomic E-state index is -0.303. The van der Waals surface area contributed by atoms with Crippen LogP contribution in [0.4, 0.5) is 4.79 Å². The molecular formula is C26H44NNaO3. The number of amides is 1. The van der Waals surface area contributed by atoms with E-state index in [0.29, 0.717) is 6.54 Å². The van der Waals surface area contributed by atoms with Gasteiger partial charge in [-0.25, -0.2) is 4.79 Å². The molecule has 1 unspecified atom stereocenters. The number of carbonyl (C=O) groups is 1. The molecule has 31 heavy (non-hydrogen) atoms. The maximum atomic E-state index is 12.2. The summed E-state index contributed by atoms with van der Waals surface area (Å²) in [5, 5.41) is 2.85. The van der Waals surface area contributed by atoms with E-state index >= 15 is 0 Å². The van der Waals surface area contributed by atoms with E-state index in [2.05, 4.69) is 24.4 Å². The monoisotopic (exact) mass is 441 g/mol. The Balaban J connectivity index is 0.00000480. The predicted molar refractivity (Wildman–Crippen MR) is 131 cm³/mol. The summed E-state index contributed by atoms with van der Waals surface area (Å²) in [5.74, 6) is 0.984. The Kier molecular flexibility index (Phi) is 16.3. The van der Waals surface area contributed by atoms with E-state index in [-0.39, 0.29) is 41.8 Å². The van der Waals surface area contributed by atoms with Gasteiger partial charge in [0, 0.05) is 6.54 Å². The number of unbranched alkanes of at least 4 members (excludes halogenated alkanes) is 9. The van der Waals surface area contributed by atoms with Crippen LogP contribution in [0.2, 0.25) is 0 Å². The van der Waals surface area contributed by atoms with Gasteiger partial charge in [-0.1, -0.05) is 77.7 Å². The van der Waals surface area contributed by atoms with Crippen molar-refractivity contribution in [1.82, 2.24) is 5.32 Å². The first-order valence-corrected chi connectivity index (χ1v) is 12.4. The van der Waals surface area contributed by atoms with Crippen molar-refractivity contribution in [2.75, 3.05) is 13.2 Å². The fourth-order valence-electron chi connectivity index (χ4n) is 4.09. The molecule has 1 N–H and O–H groups in total. The third kappa shape index (κ3) is 11.6. The van der Waals surface area contributed by atoms with E-state index in [1.807, 2.05) is 13.0 Å². The zero-order valence-corrected chi connectivity index (χ0v) is 19.3. The van der Waals surface area contributed by atoms with Gasteiger partial charge >= 0.3 is 35.7 Å². The molecule has 1 aromatic rings. The molecule has 2 rings (SSSR count). The van der Waals surface area contributed by atoms with Gasteiger partial charge in [0.05, 0.1) is 6.61 Å². The number of benzene rings is 1. The number of fused-ring (bicyclic) bond motifs is 1. The summed E-state index contributed by atoms with van der Waals surface area (Å²) in [4.78, 5) is 12.2. The molecule has 0 saturated carbocycles. The van der Waals surface area contributed by atoms with Gasteiger partial charge in [0.25, 0.3) is 0 Å². The molecule has 1 atom stereocenters. The first-order valence-electron chi connectivity index (χ1n) is 12.4. The number of alkyl carbamates (subject to hydrolysis) is 1. The number of hydrogen-bond donors (Lipinski definition) is 1. The van der Waals surface area contributed by atoms with Crippen LogP contribution in [0.5, 0.6) is 5.75 Å². The summed E-state index contributed by atoms with van der Waals surface area (Å²) in [6.45, 7) is 5.76. The second-order valence-corrected chi connectivity index (χ2v) is 8.61. The molecule has 1 heterocycles. The number of nitrogens with one attached hydrogen (secondary N) is 1. The summed E-state index contributed by atoms with van der Waals surface area (Å²) in [7, 11) is 0. The van der Waals surface area contributed by atoms with Gasteiger partial charge in [-0.3, -0.25) is 0 Å². The van der Waals surface area contributed by atoms with Crippen molar-refractivity contribution >= 4 is 35.7 Å². The van der Waals surface area contributed by atoms with Crippen molar-refractivity contribution in [3.63, 3.8) is 0 Å². The zero-order valence-electron chi connectivity index (χ0n) is 19.3. The Labute approximate surface area is 212 Å². The topological polar surface area (TPSA) is 47.6 Å². The van der Waals surface area contributed by atoms with Crippen LogP contribution in [0.3, 0.4) is 0 Å². The standard InChI is InChI=1S/C26H43NO3.Na.H/c1-3-5-6-7-8-9-10-11-12-13-16-25(30-26(28)27-19-4-2)23-17-18-24-22(21-23)15-14-20-29-24;;/h17-18,21,25H,3-16,19-20H2,1-2H3,(H,27,28);;. The second-order valence-electron chi connectivity index (χ2n) is 8.61. The van der Waals surface area contributed by atoms with Gasteiger partial charge in [-0.05, 0) is 55.4 Å². The molecule has 0 aromatic heterocycles. The Hall–Kier alpha value is -0.710. The average molecular weight is 442 g/mol. The molecule has 172 valence electrons.